The highest BCUT2D eigenvalue weighted by molar-refractivity contribution is 8.00. The van der Waals surface area contributed by atoms with Gasteiger partial charge in [0, 0.05) is 11.1 Å². The van der Waals surface area contributed by atoms with Crippen LogP contribution in [0.3, 0.4) is 0 Å². The summed E-state index contributed by atoms with van der Waals surface area (Å²) in [5.41, 5.74) is 6.78. The molecule has 1 aromatic heterocycles. The summed E-state index contributed by atoms with van der Waals surface area (Å²) < 4.78 is 0. The molecular formula is C19H13N5OS. The molecule has 2 aromatic carbocycles. The summed E-state index contributed by atoms with van der Waals surface area (Å²) in [6, 6.07) is 18.7. The number of rotatable bonds is 4. The van der Waals surface area contributed by atoms with Crippen LogP contribution in [0.4, 0.5) is 11.5 Å². The normalized spacial score (nSPS) is 10.1. The number of pyridine rings is 1. The topological polar surface area (TPSA) is 116 Å². The van der Waals surface area contributed by atoms with Crippen LogP contribution in [0.25, 0.3) is 10.8 Å². The first-order valence-corrected chi connectivity index (χ1v) is 8.62. The van der Waals surface area contributed by atoms with Crippen LogP contribution in [0.15, 0.2) is 53.6 Å². The van der Waals surface area contributed by atoms with Gasteiger partial charge in [0.2, 0.25) is 5.91 Å². The summed E-state index contributed by atoms with van der Waals surface area (Å²) in [5, 5.41) is 23.3. The van der Waals surface area contributed by atoms with Crippen molar-refractivity contribution in [1.29, 1.82) is 10.5 Å². The van der Waals surface area contributed by atoms with Crippen LogP contribution in [0.5, 0.6) is 0 Å². The standard InChI is InChI=1S/C19H13N5OS/c20-9-13-8-14(10-21)19(24-18(13)22)26-11-17(25)23-16-7-3-5-12-4-1-2-6-15(12)16/h1-8H,11H2,(H2,22,24)(H,23,25). The van der Waals surface area contributed by atoms with Gasteiger partial charge >= 0.3 is 0 Å². The van der Waals surface area contributed by atoms with Crippen molar-refractivity contribution in [2.45, 2.75) is 5.03 Å². The zero-order valence-electron chi connectivity index (χ0n) is 13.6. The third kappa shape index (κ3) is 3.59. The average Bonchev–Trinajstić information content (AvgIpc) is 2.66. The molecule has 0 radical (unpaired) electrons. The molecule has 3 aromatic rings. The maximum absolute atomic E-state index is 12.3. The second-order valence-electron chi connectivity index (χ2n) is 5.36. The van der Waals surface area contributed by atoms with Crippen molar-refractivity contribution in [2.24, 2.45) is 0 Å². The molecule has 0 saturated carbocycles. The molecule has 6 nitrogen and oxygen atoms in total. The lowest BCUT2D eigenvalue weighted by atomic mass is 10.1. The van der Waals surface area contributed by atoms with Crippen molar-refractivity contribution in [1.82, 2.24) is 4.98 Å². The van der Waals surface area contributed by atoms with Crippen LogP contribution in [-0.4, -0.2) is 16.6 Å². The number of aromatic nitrogens is 1. The number of nitrogens with zero attached hydrogens (tertiary/aromatic N) is 3. The quantitative estimate of drug-likeness (QED) is 0.691. The van der Waals surface area contributed by atoms with Gasteiger partial charge in [0.25, 0.3) is 0 Å². The van der Waals surface area contributed by atoms with Gasteiger partial charge in [-0.3, -0.25) is 4.79 Å². The summed E-state index contributed by atoms with van der Waals surface area (Å²) in [5.74, 6) is -0.112. The lowest BCUT2D eigenvalue weighted by Crippen LogP contribution is -2.14. The van der Waals surface area contributed by atoms with Crippen molar-refractivity contribution >= 4 is 39.9 Å². The molecule has 3 N–H and O–H groups in total. The molecule has 1 amide bonds. The van der Waals surface area contributed by atoms with Gasteiger partial charge < -0.3 is 11.1 Å². The van der Waals surface area contributed by atoms with Crippen LogP contribution < -0.4 is 11.1 Å². The second kappa shape index (κ2) is 7.56. The van der Waals surface area contributed by atoms with Gasteiger partial charge in [0.1, 0.15) is 23.0 Å². The zero-order chi connectivity index (χ0) is 18.5. The van der Waals surface area contributed by atoms with Gasteiger partial charge in [-0.25, -0.2) is 4.98 Å². The Bertz CT molecular complexity index is 1080. The molecule has 0 bridgehead atoms. The van der Waals surface area contributed by atoms with E-state index >= 15 is 0 Å². The molecule has 0 spiro atoms. The number of nitrogens with two attached hydrogens (primary N) is 1. The van der Waals surface area contributed by atoms with E-state index in [4.69, 9.17) is 11.0 Å². The smallest absolute Gasteiger partial charge is 0.234 e. The van der Waals surface area contributed by atoms with E-state index in [0.29, 0.717) is 5.03 Å². The SMILES string of the molecule is N#Cc1cc(C#N)c(SCC(=O)Nc2cccc3ccccc23)nc1N. The van der Waals surface area contributed by atoms with Crippen molar-refractivity contribution < 1.29 is 4.79 Å². The van der Waals surface area contributed by atoms with Gasteiger partial charge in [-0.1, -0.05) is 48.2 Å². The Morgan fingerprint density at radius 1 is 1.12 bits per heavy atom. The molecule has 0 fully saturated rings. The highest BCUT2D eigenvalue weighted by atomic mass is 32.2. The van der Waals surface area contributed by atoms with Gasteiger partial charge in [-0.15, -0.1) is 0 Å². The number of amides is 1. The number of benzene rings is 2. The van der Waals surface area contributed by atoms with Crippen molar-refractivity contribution in [2.75, 3.05) is 16.8 Å². The number of carbonyl (C=O) groups is 1. The number of fused-ring (bicyclic) bond motifs is 1. The van der Waals surface area contributed by atoms with Crippen LogP contribution in [0, 0.1) is 22.7 Å². The Hall–Kier alpha value is -3.55. The van der Waals surface area contributed by atoms with Crippen molar-refractivity contribution in [3.8, 4) is 12.1 Å². The molecule has 0 aliphatic rings. The number of nitriles is 2. The molecule has 1 heterocycles. The third-order valence-corrected chi connectivity index (χ3v) is 4.65. The first-order chi connectivity index (χ1) is 12.6. The van der Waals surface area contributed by atoms with Crippen LogP contribution >= 0.6 is 11.8 Å². The fourth-order valence-electron chi connectivity index (χ4n) is 2.44. The second-order valence-corrected chi connectivity index (χ2v) is 6.33. The first kappa shape index (κ1) is 17.3. The molecule has 126 valence electrons. The van der Waals surface area contributed by atoms with Crippen LogP contribution in [0.1, 0.15) is 11.1 Å². The molecular weight excluding hydrogens is 346 g/mol. The Kier molecular flexibility index (Phi) is 5.02. The van der Waals surface area contributed by atoms with E-state index in [1.54, 1.807) is 0 Å². The molecule has 0 aliphatic carbocycles. The van der Waals surface area contributed by atoms with E-state index in [1.165, 1.54) is 6.07 Å². The molecule has 3 rings (SSSR count). The maximum Gasteiger partial charge on any atom is 0.234 e. The average molecular weight is 359 g/mol. The van der Waals surface area contributed by atoms with Gasteiger partial charge in [-0.2, -0.15) is 10.5 Å². The van der Waals surface area contributed by atoms with E-state index in [2.05, 4.69) is 10.3 Å². The fraction of sp³-hybridized carbons (Fsp3) is 0.0526. The Morgan fingerprint density at radius 2 is 1.85 bits per heavy atom. The zero-order valence-corrected chi connectivity index (χ0v) is 14.4. The predicted octanol–water partition coefficient (Wildman–Crippen LogP) is 3.29. The number of hydrogen-bond donors (Lipinski definition) is 2. The Labute approximate surface area is 154 Å². The van der Waals surface area contributed by atoms with E-state index in [9.17, 15) is 10.1 Å². The Morgan fingerprint density at radius 3 is 2.62 bits per heavy atom. The summed E-state index contributed by atoms with van der Waals surface area (Å²) in [4.78, 5) is 16.4. The lowest BCUT2D eigenvalue weighted by Gasteiger charge is -2.09. The first-order valence-electron chi connectivity index (χ1n) is 7.63. The van der Waals surface area contributed by atoms with Gasteiger partial charge in [0.15, 0.2) is 0 Å². The van der Waals surface area contributed by atoms with Crippen molar-refractivity contribution in [3.63, 3.8) is 0 Å². The number of thioether (sulfide) groups is 1. The minimum absolute atomic E-state index is 0.0449. The number of nitrogen functional groups attached to an aromatic ring is 1. The lowest BCUT2D eigenvalue weighted by molar-refractivity contribution is -0.113. The summed E-state index contributed by atoms with van der Waals surface area (Å²) in [7, 11) is 0. The third-order valence-electron chi connectivity index (χ3n) is 3.66. The highest BCUT2D eigenvalue weighted by Gasteiger charge is 2.13. The fourth-order valence-corrected chi connectivity index (χ4v) is 3.21. The number of nitrogens with one attached hydrogen (secondary N) is 1. The van der Waals surface area contributed by atoms with Crippen LogP contribution in [0.2, 0.25) is 0 Å². The minimum Gasteiger partial charge on any atom is -0.383 e. The molecule has 0 atom stereocenters. The number of anilines is 2. The summed E-state index contributed by atoms with van der Waals surface area (Å²) >= 11 is 1.10. The van der Waals surface area contributed by atoms with E-state index in [0.717, 1.165) is 28.2 Å². The molecule has 7 heteroatoms. The Balaban J connectivity index is 1.75. The van der Waals surface area contributed by atoms with E-state index < -0.39 is 0 Å². The van der Waals surface area contributed by atoms with E-state index in [-0.39, 0.29) is 28.6 Å². The molecule has 0 unspecified atom stereocenters. The van der Waals surface area contributed by atoms with Crippen molar-refractivity contribution in [3.05, 3.63) is 59.7 Å². The molecule has 26 heavy (non-hydrogen) atoms. The predicted molar refractivity (Wildman–Crippen MR) is 101 cm³/mol. The van der Waals surface area contributed by atoms with Gasteiger partial charge in [0.05, 0.1) is 16.9 Å². The molecule has 0 aliphatic heterocycles. The van der Waals surface area contributed by atoms with E-state index in [1.807, 2.05) is 54.6 Å². The highest BCUT2D eigenvalue weighted by Crippen LogP contribution is 2.26. The van der Waals surface area contributed by atoms with Gasteiger partial charge in [-0.05, 0) is 17.5 Å². The monoisotopic (exact) mass is 359 g/mol. The number of carbonyl (C=O) groups excluding carboxylic acids is 1. The summed E-state index contributed by atoms with van der Waals surface area (Å²) in [6.45, 7) is 0. The number of hydrogen-bond acceptors (Lipinski definition) is 6. The minimum atomic E-state index is -0.222. The summed E-state index contributed by atoms with van der Waals surface area (Å²) in [6.07, 6.45) is 0. The maximum atomic E-state index is 12.3. The largest absolute Gasteiger partial charge is 0.383 e. The molecule has 0 saturated heterocycles. The van der Waals surface area contributed by atoms with Crippen LogP contribution in [-0.2, 0) is 4.79 Å².